The van der Waals surface area contributed by atoms with E-state index in [0.717, 1.165) is 0 Å². The number of carboxylic acids is 2. The molecule has 0 aromatic heterocycles. The van der Waals surface area contributed by atoms with Gasteiger partial charge in [-0.15, -0.1) is 0 Å². The Labute approximate surface area is 138 Å². The Morgan fingerprint density at radius 2 is 1.16 bits per heavy atom. The van der Waals surface area contributed by atoms with Crippen LogP contribution in [0.5, 0.6) is 0 Å². The van der Waals surface area contributed by atoms with Gasteiger partial charge in [-0.1, -0.05) is 0 Å². The summed E-state index contributed by atoms with van der Waals surface area (Å²) in [6, 6.07) is 0. The van der Waals surface area contributed by atoms with Crippen LogP contribution in [-0.4, -0.2) is 119 Å². The van der Waals surface area contributed by atoms with Crippen molar-refractivity contribution >= 4 is 17.7 Å². The van der Waals surface area contributed by atoms with E-state index < -0.39 is 72.7 Å². The summed E-state index contributed by atoms with van der Waals surface area (Å²) in [4.78, 5) is 33.5. The molecule has 13 heteroatoms. The minimum absolute atomic E-state index is 1.62. The van der Waals surface area contributed by atoms with Crippen molar-refractivity contribution in [1.82, 2.24) is 0 Å². The van der Waals surface area contributed by atoms with Gasteiger partial charge in [0.15, 0.2) is 18.0 Å². The van der Waals surface area contributed by atoms with Crippen LogP contribution in [0.25, 0.3) is 0 Å². The molecule has 0 aliphatic carbocycles. The molecule has 1 saturated heterocycles. The first-order valence-electron chi connectivity index (χ1n) is 6.83. The second-order valence-corrected chi connectivity index (χ2v) is 5.40. The molecule has 13 nitrogen and oxygen atoms in total. The Morgan fingerprint density at radius 1 is 0.720 bits per heavy atom. The highest BCUT2D eigenvalue weighted by atomic mass is 16.6. The van der Waals surface area contributed by atoms with Gasteiger partial charge in [-0.3, -0.25) is 4.79 Å². The Hall–Kier alpha value is -1.71. The molecule has 0 spiro atoms. The van der Waals surface area contributed by atoms with Crippen molar-refractivity contribution < 1.29 is 65.1 Å². The molecule has 1 fully saturated rings. The van der Waals surface area contributed by atoms with E-state index in [2.05, 4.69) is 4.74 Å². The molecule has 0 aromatic carbocycles. The lowest BCUT2D eigenvalue weighted by Gasteiger charge is -2.39. The molecule has 0 amide bonds. The minimum Gasteiger partial charge on any atom is -0.479 e. The fourth-order valence-electron chi connectivity index (χ4n) is 2.18. The van der Waals surface area contributed by atoms with E-state index in [9.17, 15) is 45.0 Å². The van der Waals surface area contributed by atoms with Crippen LogP contribution in [0.15, 0.2) is 0 Å². The Bertz CT molecular complexity index is 521. The highest BCUT2D eigenvalue weighted by Crippen LogP contribution is 2.24. The van der Waals surface area contributed by atoms with Crippen molar-refractivity contribution in [3.05, 3.63) is 0 Å². The fraction of sp³-hybridized carbons (Fsp3) is 0.750. The van der Waals surface area contributed by atoms with Gasteiger partial charge >= 0.3 is 11.9 Å². The molecule has 1 aliphatic heterocycles. The lowest BCUT2D eigenvalue weighted by atomic mass is 9.89. The van der Waals surface area contributed by atoms with Crippen LogP contribution in [0.4, 0.5) is 0 Å². The van der Waals surface area contributed by atoms with E-state index in [0.29, 0.717) is 0 Å². The second-order valence-electron chi connectivity index (χ2n) is 5.40. The van der Waals surface area contributed by atoms with Gasteiger partial charge in [0, 0.05) is 0 Å². The van der Waals surface area contributed by atoms with Gasteiger partial charge in [-0.05, 0) is 0 Å². The molecule has 9 N–H and O–H groups in total. The van der Waals surface area contributed by atoms with Crippen molar-refractivity contribution in [2.75, 3.05) is 0 Å². The zero-order valence-electron chi connectivity index (χ0n) is 12.4. The van der Waals surface area contributed by atoms with Gasteiger partial charge in [0.2, 0.25) is 0 Å². The quantitative estimate of drug-likeness (QED) is 0.203. The first kappa shape index (κ1) is 21.3. The van der Waals surface area contributed by atoms with Gasteiger partial charge < -0.3 is 50.7 Å². The second kappa shape index (κ2) is 8.11. The number of Topliss-reactive ketones (excluding diaryl/α,β-unsaturated/α-hetero) is 1. The largest absolute Gasteiger partial charge is 0.479 e. The first-order chi connectivity index (χ1) is 11.4. The molecule has 1 unspecified atom stereocenters. The third kappa shape index (κ3) is 4.28. The number of hydrogen-bond acceptors (Lipinski definition) is 11. The standard InChI is InChI=1S/C12H18O13/c13-1(3(15)8(20)11(21)22)2(14)5(17)9-6(18)4(16)7(19)10(25-9)12(23)24/h1-4,6-10,13-16,18-20H,(H,21,22)(H,23,24)/t1-,2-,3+,4-,6-,7+,8-,9?,10-/m1/s1. The average molecular weight is 370 g/mol. The molecule has 0 bridgehead atoms. The predicted molar refractivity (Wildman–Crippen MR) is 71.0 cm³/mol. The monoisotopic (exact) mass is 370 g/mol. The normalized spacial score (nSPS) is 34.6. The maximum atomic E-state index is 12.0. The molecule has 0 radical (unpaired) electrons. The smallest absolute Gasteiger partial charge is 0.335 e. The molecule has 0 aromatic rings. The number of aliphatic hydroxyl groups excluding tert-OH is 7. The Morgan fingerprint density at radius 3 is 1.60 bits per heavy atom. The maximum absolute atomic E-state index is 12.0. The highest BCUT2D eigenvalue weighted by molar-refractivity contribution is 5.89. The molecule has 25 heavy (non-hydrogen) atoms. The van der Waals surface area contributed by atoms with E-state index >= 15 is 0 Å². The van der Waals surface area contributed by atoms with Crippen LogP contribution in [0.3, 0.4) is 0 Å². The zero-order valence-corrected chi connectivity index (χ0v) is 12.4. The zero-order chi connectivity index (χ0) is 19.6. The number of ether oxygens (including phenoxy) is 1. The lowest BCUT2D eigenvalue weighted by Crippen LogP contribution is -2.64. The van der Waals surface area contributed by atoms with E-state index in [1.807, 2.05) is 0 Å². The van der Waals surface area contributed by atoms with Crippen LogP contribution >= 0.6 is 0 Å². The van der Waals surface area contributed by atoms with Gasteiger partial charge in [-0.2, -0.15) is 0 Å². The van der Waals surface area contributed by atoms with E-state index in [-0.39, 0.29) is 0 Å². The van der Waals surface area contributed by atoms with Crippen LogP contribution in [0.1, 0.15) is 0 Å². The third-order valence-electron chi connectivity index (χ3n) is 3.68. The number of rotatable bonds is 7. The van der Waals surface area contributed by atoms with Crippen molar-refractivity contribution in [2.45, 2.75) is 54.9 Å². The maximum Gasteiger partial charge on any atom is 0.335 e. The third-order valence-corrected chi connectivity index (χ3v) is 3.68. The van der Waals surface area contributed by atoms with Crippen LogP contribution in [0.2, 0.25) is 0 Å². The van der Waals surface area contributed by atoms with Crippen LogP contribution in [0, 0.1) is 0 Å². The summed E-state index contributed by atoms with van der Waals surface area (Å²) >= 11 is 0. The summed E-state index contributed by atoms with van der Waals surface area (Å²) in [5.74, 6) is -5.38. The Balaban J connectivity index is 2.96. The number of carboxylic acid groups (broad SMARTS) is 2. The van der Waals surface area contributed by atoms with E-state index in [1.54, 1.807) is 0 Å². The van der Waals surface area contributed by atoms with Crippen molar-refractivity contribution in [3.8, 4) is 0 Å². The molecule has 144 valence electrons. The molecule has 0 saturated carbocycles. The number of ketones is 1. The minimum atomic E-state index is -2.61. The summed E-state index contributed by atoms with van der Waals surface area (Å²) < 4.78 is 4.62. The van der Waals surface area contributed by atoms with Gasteiger partial charge in [0.05, 0.1) is 0 Å². The first-order valence-corrected chi connectivity index (χ1v) is 6.83. The number of hydrogen-bond donors (Lipinski definition) is 9. The number of carbonyl (C=O) groups excluding carboxylic acids is 1. The van der Waals surface area contributed by atoms with Crippen LogP contribution < -0.4 is 0 Å². The summed E-state index contributed by atoms with van der Waals surface area (Å²) in [6.45, 7) is 0. The van der Waals surface area contributed by atoms with E-state index in [1.165, 1.54) is 0 Å². The fourth-order valence-corrected chi connectivity index (χ4v) is 2.18. The van der Waals surface area contributed by atoms with Crippen molar-refractivity contribution in [1.29, 1.82) is 0 Å². The highest BCUT2D eigenvalue weighted by Gasteiger charge is 2.51. The van der Waals surface area contributed by atoms with E-state index in [4.69, 9.17) is 15.3 Å². The van der Waals surface area contributed by atoms with Gasteiger partial charge in [-0.25, -0.2) is 9.59 Å². The molecule has 1 rings (SSSR count). The summed E-state index contributed by atoms with van der Waals surface area (Å²) in [5.41, 5.74) is 0. The number of aliphatic hydroxyl groups is 7. The molecule has 1 aliphatic rings. The van der Waals surface area contributed by atoms with Gasteiger partial charge in [0.1, 0.15) is 42.7 Å². The molecular formula is C12H18O13. The van der Waals surface area contributed by atoms with Crippen molar-refractivity contribution in [2.24, 2.45) is 0 Å². The van der Waals surface area contributed by atoms with Crippen LogP contribution in [-0.2, 0) is 19.1 Å². The van der Waals surface area contributed by atoms with Gasteiger partial charge in [0.25, 0.3) is 0 Å². The molecule has 9 atom stereocenters. The molecule has 1 heterocycles. The average Bonchev–Trinajstić information content (AvgIpc) is 2.56. The number of aliphatic carboxylic acids is 2. The number of carbonyl (C=O) groups is 3. The SMILES string of the molecule is O=C(O)[C@H](O)[C@@H](O)[C@H](O)[C@@H](O)C(=O)C1O[C@@H](C(=O)O)[C@@H](O)[C@H](O)[C@H]1O. The molecular weight excluding hydrogens is 352 g/mol. The summed E-state index contributed by atoms with van der Waals surface area (Å²) in [5, 5.41) is 83.8. The Kier molecular flexibility index (Phi) is 6.92. The summed E-state index contributed by atoms with van der Waals surface area (Å²) in [6.07, 6.45) is -21.0. The van der Waals surface area contributed by atoms with Crippen molar-refractivity contribution in [3.63, 3.8) is 0 Å². The topological polar surface area (TPSA) is 243 Å². The lowest BCUT2D eigenvalue weighted by molar-refractivity contribution is -0.229. The predicted octanol–water partition coefficient (Wildman–Crippen LogP) is -5.98. The summed E-state index contributed by atoms with van der Waals surface area (Å²) in [7, 11) is 0.